The highest BCUT2D eigenvalue weighted by Gasteiger charge is 2.48. The van der Waals surface area contributed by atoms with Crippen LogP contribution in [-0.2, 0) is 10.3 Å². The summed E-state index contributed by atoms with van der Waals surface area (Å²) >= 11 is 3.15. The number of phenolic OH excluding ortho intramolecular Hbond substituents is 3. The average molecular weight is 491 g/mol. The summed E-state index contributed by atoms with van der Waals surface area (Å²) in [7, 11) is 0. The predicted octanol–water partition coefficient (Wildman–Crippen LogP) is 5.71. The Bertz CT molecular complexity index is 1180. The lowest BCUT2D eigenvalue weighted by molar-refractivity contribution is 0.0251. The molecule has 0 aliphatic carbocycles. The van der Waals surface area contributed by atoms with Gasteiger partial charge in [0.15, 0.2) is 5.60 Å². The predicted molar refractivity (Wildman–Crippen MR) is 124 cm³/mol. The standard InChI is InChI=1S/C20H14O4.C6H5BrO/c21-15-9-5-13(6-10-15)20(14-7-11-16(22)12-8-14)18-4-2-1-3-17(18)19(23)24-20;7-5-3-1-2-4-6(5)8/h1-12,21-22H;1-4,8H. The van der Waals surface area contributed by atoms with Gasteiger partial charge in [-0.05, 0) is 58.4 Å². The zero-order chi connectivity index (χ0) is 22.7. The number of carbonyl (C=O) groups excluding carboxylic acids is 1. The van der Waals surface area contributed by atoms with Crippen molar-refractivity contribution < 1.29 is 24.9 Å². The SMILES string of the molecule is O=C1OC(c2ccc(O)cc2)(c2ccc(O)cc2)c2ccccc21.Oc1ccccc1Br. The quantitative estimate of drug-likeness (QED) is 0.313. The van der Waals surface area contributed by atoms with E-state index in [1.54, 1.807) is 78.9 Å². The number of ether oxygens (including phenoxy) is 1. The van der Waals surface area contributed by atoms with E-state index in [4.69, 9.17) is 9.84 Å². The Morgan fingerprint density at radius 3 is 1.66 bits per heavy atom. The first-order valence-electron chi connectivity index (χ1n) is 9.77. The van der Waals surface area contributed by atoms with Crippen LogP contribution in [-0.4, -0.2) is 21.3 Å². The Labute approximate surface area is 193 Å². The Kier molecular flexibility index (Phi) is 5.88. The third-order valence-corrected chi connectivity index (χ3v) is 5.84. The summed E-state index contributed by atoms with van der Waals surface area (Å²) in [4.78, 5) is 12.4. The fraction of sp³-hybridized carbons (Fsp3) is 0.0385. The van der Waals surface area contributed by atoms with E-state index in [0.29, 0.717) is 5.56 Å². The van der Waals surface area contributed by atoms with Crippen LogP contribution in [0.15, 0.2) is 102 Å². The Balaban J connectivity index is 0.000000260. The number of carbonyl (C=O) groups is 1. The van der Waals surface area contributed by atoms with E-state index in [2.05, 4.69) is 15.9 Å². The van der Waals surface area contributed by atoms with Crippen molar-refractivity contribution in [2.45, 2.75) is 5.60 Å². The average Bonchev–Trinajstić information content (AvgIpc) is 3.11. The van der Waals surface area contributed by atoms with Gasteiger partial charge in [-0.1, -0.05) is 54.6 Å². The first-order valence-corrected chi connectivity index (χ1v) is 10.6. The van der Waals surface area contributed by atoms with Gasteiger partial charge in [-0.15, -0.1) is 0 Å². The minimum atomic E-state index is -1.10. The number of hydrogen-bond acceptors (Lipinski definition) is 5. The molecule has 1 heterocycles. The number of phenols is 3. The number of hydrogen-bond donors (Lipinski definition) is 3. The van der Waals surface area contributed by atoms with Gasteiger partial charge in [0.25, 0.3) is 0 Å². The smallest absolute Gasteiger partial charge is 0.340 e. The van der Waals surface area contributed by atoms with Gasteiger partial charge in [0, 0.05) is 16.7 Å². The lowest BCUT2D eigenvalue weighted by Crippen LogP contribution is -2.29. The van der Waals surface area contributed by atoms with Crippen LogP contribution in [0.3, 0.4) is 0 Å². The summed E-state index contributed by atoms with van der Waals surface area (Å²) in [5, 5.41) is 28.1. The van der Waals surface area contributed by atoms with Crippen LogP contribution in [0.25, 0.3) is 0 Å². The van der Waals surface area contributed by atoms with Gasteiger partial charge >= 0.3 is 5.97 Å². The third-order valence-electron chi connectivity index (χ3n) is 5.17. The molecule has 4 aromatic rings. The number of cyclic esters (lactones) is 1. The monoisotopic (exact) mass is 490 g/mol. The highest BCUT2D eigenvalue weighted by molar-refractivity contribution is 9.10. The molecule has 0 saturated heterocycles. The van der Waals surface area contributed by atoms with Crippen molar-refractivity contribution in [1.29, 1.82) is 0 Å². The fourth-order valence-corrected chi connectivity index (χ4v) is 3.94. The topological polar surface area (TPSA) is 87.0 Å². The summed E-state index contributed by atoms with van der Waals surface area (Å²) < 4.78 is 6.61. The van der Waals surface area contributed by atoms with E-state index < -0.39 is 11.6 Å². The van der Waals surface area contributed by atoms with Crippen molar-refractivity contribution in [3.05, 3.63) is 124 Å². The van der Waals surface area contributed by atoms with Gasteiger partial charge in [0.2, 0.25) is 0 Å². The van der Waals surface area contributed by atoms with E-state index in [9.17, 15) is 15.0 Å². The third kappa shape index (κ3) is 3.92. The molecule has 0 fully saturated rings. The van der Waals surface area contributed by atoms with Crippen LogP contribution in [0.5, 0.6) is 17.2 Å². The molecule has 0 aromatic heterocycles. The zero-order valence-corrected chi connectivity index (χ0v) is 18.4. The number of aromatic hydroxyl groups is 3. The second-order valence-electron chi connectivity index (χ2n) is 7.16. The zero-order valence-electron chi connectivity index (χ0n) is 16.8. The van der Waals surface area contributed by atoms with Crippen LogP contribution in [0, 0.1) is 0 Å². The second-order valence-corrected chi connectivity index (χ2v) is 8.02. The molecule has 6 heteroatoms. The molecule has 5 nitrogen and oxygen atoms in total. The molecule has 160 valence electrons. The maximum atomic E-state index is 12.4. The summed E-state index contributed by atoms with van der Waals surface area (Å²) in [6.07, 6.45) is 0. The highest BCUT2D eigenvalue weighted by Crippen LogP contribution is 2.47. The van der Waals surface area contributed by atoms with Crippen molar-refractivity contribution in [1.82, 2.24) is 0 Å². The Hall–Kier alpha value is -3.77. The molecule has 0 amide bonds. The molecule has 0 saturated carbocycles. The molecule has 0 radical (unpaired) electrons. The minimum absolute atomic E-state index is 0.136. The van der Waals surface area contributed by atoms with Crippen LogP contribution < -0.4 is 0 Å². The largest absolute Gasteiger partial charge is 0.508 e. The lowest BCUT2D eigenvalue weighted by Gasteiger charge is -2.30. The fourth-order valence-electron chi connectivity index (χ4n) is 3.66. The molecule has 0 unspecified atom stereocenters. The minimum Gasteiger partial charge on any atom is -0.508 e. The molecule has 0 atom stereocenters. The van der Waals surface area contributed by atoms with E-state index in [0.717, 1.165) is 21.2 Å². The molecule has 3 N–H and O–H groups in total. The molecule has 5 rings (SSSR count). The van der Waals surface area contributed by atoms with Crippen molar-refractivity contribution >= 4 is 21.9 Å². The van der Waals surface area contributed by atoms with Crippen LogP contribution in [0.4, 0.5) is 0 Å². The highest BCUT2D eigenvalue weighted by atomic mass is 79.9. The molecular weight excluding hydrogens is 472 g/mol. The number of fused-ring (bicyclic) bond motifs is 1. The van der Waals surface area contributed by atoms with Gasteiger partial charge < -0.3 is 20.1 Å². The van der Waals surface area contributed by atoms with Crippen LogP contribution in [0.2, 0.25) is 0 Å². The number of esters is 1. The number of rotatable bonds is 2. The molecule has 1 aliphatic rings. The maximum Gasteiger partial charge on any atom is 0.340 e. The summed E-state index contributed by atoms with van der Waals surface area (Å²) in [6.45, 7) is 0. The van der Waals surface area contributed by atoms with Gasteiger partial charge in [-0.3, -0.25) is 0 Å². The number of halogens is 1. The van der Waals surface area contributed by atoms with E-state index in [-0.39, 0.29) is 17.2 Å². The first-order chi connectivity index (χ1) is 15.4. The van der Waals surface area contributed by atoms with Crippen molar-refractivity contribution in [2.75, 3.05) is 0 Å². The Morgan fingerprint density at radius 1 is 0.656 bits per heavy atom. The second kappa shape index (κ2) is 8.77. The number of para-hydroxylation sites is 1. The molecular formula is C26H19BrO5. The van der Waals surface area contributed by atoms with Gasteiger partial charge in [0.05, 0.1) is 10.0 Å². The molecule has 4 aromatic carbocycles. The van der Waals surface area contributed by atoms with Crippen LogP contribution in [0.1, 0.15) is 27.0 Å². The van der Waals surface area contributed by atoms with Crippen LogP contribution >= 0.6 is 15.9 Å². The van der Waals surface area contributed by atoms with E-state index in [1.807, 2.05) is 18.2 Å². The van der Waals surface area contributed by atoms with E-state index in [1.165, 1.54) is 0 Å². The van der Waals surface area contributed by atoms with E-state index >= 15 is 0 Å². The van der Waals surface area contributed by atoms with Gasteiger partial charge in [0.1, 0.15) is 17.2 Å². The molecule has 0 bridgehead atoms. The summed E-state index contributed by atoms with van der Waals surface area (Å²) in [5.74, 6) is 0.161. The molecule has 1 aliphatic heterocycles. The first kappa shape index (κ1) is 21.5. The number of benzene rings is 4. The Morgan fingerprint density at radius 2 is 1.16 bits per heavy atom. The van der Waals surface area contributed by atoms with Crippen molar-refractivity contribution in [2.24, 2.45) is 0 Å². The normalized spacial score (nSPS) is 13.5. The lowest BCUT2D eigenvalue weighted by atomic mass is 9.80. The molecule has 32 heavy (non-hydrogen) atoms. The van der Waals surface area contributed by atoms with Gasteiger partial charge in [-0.2, -0.15) is 0 Å². The molecule has 0 spiro atoms. The van der Waals surface area contributed by atoms with Crippen molar-refractivity contribution in [3.8, 4) is 17.2 Å². The van der Waals surface area contributed by atoms with Crippen molar-refractivity contribution in [3.63, 3.8) is 0 Å². The summed E-state index contributed by atoms with van der Waals surface area (Å²) in [5.41, 5.74) is 1.60. The van der Waals surface area contributed by atoms with Gasteiger partial charge in [-0.25, -0.2) is 4.79 Å². The maximum absolute atomic E-state index is 12.4. The summed E-state index contributed by atoms with van der Waals surface area (Å²) in [6, 6.07) is 27.5.